The lowest BCUT2D eigenvalue weighted by molar-refractivity contribution is -0.148. The summed E-state index contributed by atoms with van der Waals surface area (Å²) in [6.07, 6.45) is 10.3. The summed E-state index contributed by atoms with van der Waals surface area (Å²) in [5, 5.41) is 16.3. The number of carbonyl (C=O) groups is 2. The summed E-state index contributed by atoms with van der Waals surface area (Å²) in [5.41, 5.74) is -0.541. The van der Waals surface area contributed by atoms with Crippen LogP contribution in [0.1, 0.15) is 76.6 Å². The van der Waals surface area contributed by atoms with Crippen molar-refractivity contribution in [1.29, 1.82) is 0 Å². The van der Waals surface area contributed by atoms with Crippen LogP contribution in [0.15, 0.2) is 0 Å². The van der Waals surface area contributed by atoms with Gasteiger partial charge in [-0.15, -0.1) is 10.2 Å². The van der Waals surface area contributed by atoms with Crippen molar-refractivity contribution in [2.75, 3.05) is 5.32 Å². The zero-order valence-corrected chi connectivity index (χ0v) is 17.2. The predicted octanol–water partition coefficient (Wildman–Crippen LogP) is 3.68. The molecule has 4 saturated carbocycles. The highest BCUT2D eigenvalue weighted by Gasteiger charge is 2.60. The van der Waals surface area contributed by atoms with Gasteiger partial charge in [0.1, 0.15) is 5.01 Å². The van der Waals surface area contributed by atoms with Crippen molar-refractivity contribution in [1.82, 2.24) is 15.5 Å². The first kappa shape index (κ1) is 18.8. The van der Waals surface area contributed by atoms with Gasteiger partial charge in [0.25, 0.3) is 0 Å². The highest BCUT2D eigenvalue weighted by molar-refractivity contribution is 7.15. The lowest BCUT2D eigenvalue weighted by atomic mass is 9.46. The number of nitrogens with one attached hydrogen (secondary N) is 2. The van der Waals surface area contributed by atoms with Crippen molar-refractivity contribution in [3.63, 3.8) is 0 Å². The van der Waals surface area contributed by atoms with Crippen LogP contribution in [0.4, 0.5) is 5.13 Å². The molecule has 27 heavy (non-hydrogen) atoms. The number of amides is 2. The molecule has 0 aromatic carbocycles. The molecule has 7 heteroatoms. The van der Waals surface area contributed by atoms with Crippen LogP contribution in [0, 0.1) is 17.3 Å². The topological polar surface area (TPSA) is 84.0 Å². The van der Waals surface area contributed by atoms with E-state index in [2.05, 4.69) is 27.8 Å². The van der Waals surface area contributed by atoms with E-state index in [1.54, 1.807) is 6.92 Å². The van der Waals surface area contributed by atoms with Gasteiger partial charge in [-0.05, 0) is 56.8 Å². The van der Waals surface area contributed by atoms with Crippen LogP contribution in [-0.2, 0) is 16.0 Å². The largest absolute Gasteiger partial charge is 0.351 e. The van der Waals surface area contributed by atoms with Crippen molar-refractivity contribution in [2.24, 2.45) is 17.3 Å². The highest BCUT2D eigenvalue weighted by Crippen LogP contribution is 2.61. The molecule has 1 heterocycles. The minimum atomic E-state index is -0.361. The summed E-state index contributed by atoms with van der Waals surface area (Å²) in [6.45, 7) is 3.78. The molecule has 2 atom stereocenters. The first-order valence-corrected chi connectivity index (χ1v) is 11.2. The molecule has 5 rings (SSSR count). The second kappa shape index (κ2) is 7.15. The number of aryl methyl sites for hydroxylation is 1. The molecule has 2 amide bonds. The minimum absolute atomic E-state index is 0.0216. The highest BCUT2D eigenvalue weighted by atomic mass is 32.1. The smallest absolute Gasteiger partial charge is 0.232 e. The number of rotatable bonds is 7. The maximum absolute atomic E-state index is 13.3. The first-order chi connectivity index (χ1) is 12.9. The molecular formula is C20H30N4O2S. The van der Waals surface area contributed by atoms with Crippen LogP contribution < -0.4 is 10.6 Å². The average molecular weight is 391 g/mol. The van der Waals surface area contributed by atoms with Crippen molar-refractivity contribution in [3.8, 4) is 0 Å². The Balaban J connectivity index is 1.46. The molecule has 4 bridgehead atoms. The molecule has 1 aromatic rings. The fourth-order valence-corrected chi connectivity index (χ4v) is 6.99. The molecule has 4 fully saturated rings. The fraction of sp³-hybridized carbons (Fsp3) is 0.800. The van der Waals surface area contributed by atoms with E-state index in [0.717, 1.165) is 50.0 Å². The van der Waals surface area contributed by atoms with E-state index in [0.29, 0.717) is 17.0 Å². The Labute approximate surface area is 164 Å². The number of carbonyl (C=O) groups excluding carboxylic acids is 2. The fourth-order valence-electron chi connectivity index (χ4n) is 6.21. The number of nitrogens with zero attached hydrogens (tertiary/aromatic N) is 2. The third-order valence-corrected chi connectivity index (χ3v) is 7.56. The van der Waals surface area contributed by atoms with Crippen molar-refractivity contribution >= 4 is 28.3 Å². The van der Waals surface area contributed by atoms with Gasteiger partial charge in [-0.25, -0.2) is 0 Å². The quantitative estimate of drug-likeness (QED) is 0.696. The monoisotopic (exact) mass is 390 g/mol. The third kappa shape index (κ3) is 3.75. The molecule has 0 spiro atoms. The maximum Gasteiger partial charge on any atom is 0.232 e. The number of aromatic nitrogens is 2. The Hall–Kier alpha value is -1.50. The standard InChI is InChI=1S/C20H30N4O2S/c1-3-4-5-6-16-23-24-18(27-16)21-17(26)19-8-14-7-15(9-19)11-20(10-14,12-19)22-13(2)25/h14-15H,3-12H2,1-2H3,(H,22,25)(H,21,24,26)/t14-,15-,19?,20?/m0/s1. The van der Waals surface area contributed by atoms with Crippen LogP contribution in [0.2, 0.25) is 0 Å². The Bertz CT molecular complexity index is 717. The summed E-state index contributed by atoms with van der Waals surface area (Å²) < 4.78 is 0. The number of hydrogen-bond donors (Lipinski definition) is 2. The second-order valence-electron chi connectivity index (χ2n) is 9.12. The Morgan fingerprint density at radius 3 is 2.56 bits per heavy atom. The van der Waals surface area contributed by atoms with Gasteiger partial charge in [-0.2, -0.15) is 0 Å². The van der Waals surface area contributed by atoms with Gasteiger partial charge in [-0.1, -0.05) is 31.1 Å². The molecular weight excluding hydrogens is 360 g/mol. The minimum Gasteiger partial charge on any atom is -0.351 e. The van der Waals surface area contributed by atoms with Gasteiger partial charge < -0.3 is 10.6 Å². The van der Waals surface area contributed by atoms with Gasteiger partial charge in [-0.3, -0.25) is 9.59 Å². The number of anilines is 1. The van der Waals surface area contributed by atoms with Crippen molar-refractivity contribution in [3.05, 3.63) is 5.01 Å². The average Bonchev–Trinajstić information content (AvgIpc) is 3.00. The summed E-state index contributed by atoms with van der Waals surface area (Å²) in [5.74, 6) is 1.20. The molecule has 148 valence electrons. The number of hydrogen-bond acceptors (Lipinski definition) is 5. The van der Waals surface area contributed by atoms with E-state index >= 15 is 0 Å². The van der Waals surface area contributed by atoms with Gasteiger partial charge in [0.2, 0.25) is 16.9 Å². The Morgan fingerprint density at radius 2 is 1.89 bits per heavy atom. The lowest BCUT2D eigenvalue weighted by Gasteiger charge is -2.61. The molecule has 0 saturated heterocycles. The maximum atomic E-state index is 13.3. The summed E-state index contributed by atoms with van der Waals surface area (Å²) in [4.78, 5) is 25.1. The molecule has 0 aliphatic heterocycles. The molecule has 1 aromatic heterocycles. The predicted molar refractivity (Wildman–Crippen MR) is 105 cm³/mol. The van der Waals surface area contributed by atoms with Crippen LogP contribution in [-0.4, -0.2) is 27.6 Å². The Kier molecular flexibility index (Phi) is 4.99. The van der Waals surface area contributed by atoms with Crippen LogP contribution in [0.5, 0.6) is 0 Å². The second-order valence-corrected chi connectivity index (χ2v) is 10.2. The molecule has 4 aliphatic rings. The van der Waals surface area contributed by atoms with Crippen molar-refractivity contribution < 1.29 is 9.59 Å². The van der Waals surface area contributed by atoms with Crippen molar-refractivity contribution in [2.45, 2.75) is 83.6 Å². The number of unbranched alkanes of at least 4 members (excludes halogenated alkanes) is 2. The Morgan fingerprint density at radius 1 is 1.15 bits per heavy atom. The molecule has 0 unspecified atom stereocenters. The SMILES string of the molecule is CCCCCc1nnc(NC(=O)C23C[C@@H]4C[C@H](CC(NC(C)=O)(C4)C2)C3)s1. The zero-order chi connectivity index (χ0) is 19.1. The molecule has 6 nitrogen and oxygen atoms in total. The molecule has 4 aliphatic carbocycles. The van der Waals surface area contributed by atoms with Crippen LogP contribution in [0.3, 0.4) is 0 Å². The van der Waals surface area contributed by atoms with Gasteiger partial charge in [0.15, 0.2) is 0 Å². The summed E-state index contributed by atoms with van der Waals surface area (Å²) >= 11 is 1.50. The van der Waals surface area contributed by atoms with Crippen LogP contribution >= 0.6 is 11.3 Å². The normalized spacial score (nSPS) is 33.9. The third-order valence-electron chi connectivity index (χ3n) is 6.67. The molecule has 0 radical (unpaired) electrons. The van der Waals surface area contributed by atoms with E-state index < -0.39 is 0 Å². The first-order valence-electron chi connectivity index (χ1n) is 10.3. The van der Waals surface area contributed by atoms with Gasteiger partial charge in [0, 0.05) is 18.9 Å². The molecule has 2 N–H and O–H groups in total. The van der Waals surface area contributed by atoms with E-state index in [4.69, 9.17) is 0 Å². The van der Waals surface area contributed by atoms with Gasteiger partial charge >= 0.3 is 0 Å². The summed E-state index contributed by atoms with van der Waals surface area (Å²) in [6, 6.07) is 0. The zero-order valence-electron chi connectivity index (χ0n) is 16.3. The van der Waals surface area contributed by atoms with Crippen LogP contribution in [0.25, 0.3) is 0 Å². The summed E-state index contributed by atoms with van der Waals surface area (Å²) in [7, 11) is 0. The van der Waals surface area contributed by atoms with E-state index in [1.165, 1.54) is 30.6 Å². The van der Waals surface area contributed by atoms with E-state index in [-0.39, 0.29) is 22.8 Å². The van der Waals surface area contributed by atoms with E-state index in [9.17, 15) is 9.59 Å². The lowest BCUT2D eigenvalue weighted by Crippen LogP contribution is -2.65. The van der Waals surface area contributed by atoms with Gasteiger partial charge in [0.05, 0.1) is 5.41 Å². The van der Waals surface area contributed by atoms with E-state index in [1.807, 2.05) is 0 Å².